The fourth-order valence-corrected chi connectivity index (χ4v) is 4.77. The van der Waals surface area contributed by atoms with Gasteiger partial charge in [0.1, 0.15) is 11.6 Å². The molecule has 0 heterocycles. The second kappa shape index (κ2) is 19.0. The quantitative estimate of drug-likeness (QED) is 0.0968. The molecule has 0 bridgehead atoms. The molecule has 1 N–H and O–H groups in total. The summed E-state index contributed by atoms with van der Waals surface area (Å²) in [5.74, 6) is -3.45. The third-order valence-corrected chi connectivity index (χ3v) is 7.22. The van der Waals surface area contributed by atoms with Crippen LogP contribution in [0.5, 0.6) is 5.75 Å². The monoisotopic (exact) mass is 570 g/mol. The van der Waals surface area contributed by atoms with E-state index in [0.717, 1.165) is 57.4 Å². The summed E-state index contributed by atoms with van der Waals surface area (Å²) in [7, 11) is 0. The molecule has 2 rings (SSSR count). The number of aromatic carboxylic acids is 1. The molecule has 6 nitrogen and oxygen atoms in total. The van der Waals surface area contributed by atoms with Gasteiger partial charge >= 0.3 is 17.9 Å². The van der Waals surface area contributed by atoms with Gasteiger partial charge in [0.05, 0.1) is 22.8 Å². The third kappa shape index (κ3) is 12.0. The lowest BCUT2D eigenvalue weighted by atomic mass is 9.99. The summed E-state index contributed by atoms with van der Waals surface area (Å²) >= 11 is 0. The number of carbonyl (C=O) groups excluding carboxylic acids is 2. The molecule has 7 heteroatoms. The molecule has 0 aliphatic heterocycles. The lowest BCUT2D eigenvalue weighted by Gasteiger charge is -2.15. The molecule has 0 spiro atoms. The average molecular weight is 571 g/mol. The first-order chi connectivity index (χ1) is 19.8. The number of halogens is 1. The van der Waals surface area contributed by atoms with E-state index in [4.69, 9.17) is 9.47 Å². The minimum atomic E-state index is -1.43. The molecular formula is C34H47FO6. The maximum Gasteiger partial charge on any atom is 0.338 e. The Morgan fingerprint density at radius 2 is 1.34 bits per heavy atom. The maximum atomic E-state index is 15.4. The highest BCUT2D eigenvalue weighted by molar-refractivity contribution is 5.93. The molecule has 0 aliphatic carbocycles. The molecule has 0 aromatic heterocycles. The fraction of sp³-hybridized carbons (Fsp3) is 0.559. The lowest BCUT2D eigenvalue weighted by Crippen LogP contribution is -2.15. The minimum Gasteiger partial charge on any atom is -0.478 e. The van der Waals surface area contributed by atoms with E-state index < -0.39 is 29.3 Å². The highest BCUT2D eigenvalue weighted by Gasteiger charge is 2.22. The fourth-order valence-electron chi connectivity index (χ4n) is 4.77. The largest absolute Gasteiger partial charge is 0.478 e. The number of carbonyl (C=O) groups is 3. The molecule has 2 aromatic carbocycles. The Morgan fingerprint density at radius 3 is 1.93 bits per heavy atom. The Kier molecular flexibility index (Phi) is 15.7. The van der Waals surface area contributed by atoms with Crippen molar-refractivity contribution in [3.05, 3.63) is 53.3 Å². The Bertz CT molecular complexity index is 1100. The first-order valence-electron chi connectivity index (χ1n) is 15.4. The molecule has 41 heavy (non-hydrogen) atoms. The predicted molar refractivity (Wildman–Crippen MR) is 160 cm³/mol. The number of hydrogen-bond donors (Lipinski definition) is 1. The van der Waals surface area contributed by atoms with Gasteiger partial charge in [-0.15, -0.1) is 0 Å². The van der Waals surface area contributed by atoms with Crippen LogP contribution in [0.25, 0.3) is 11.1 Å². The summed E-state index contributed by atoms with van der Waals surface area (Å²) in [6, 6.07) is 8.41. The molecule has 0 saturated carbocycles. The van der Waals surface area contributed by atoms with Crippen molar-refractivity contribution in [2.24, 2.45) is 0 Å². The third-order valence-electron chi connectivity index (χ3n) is 7.22. The van der Waals surface area contributed by atoms with Gasteiger partial charge in [-0.2, -0.15) is 0 Å². The van der Waals surface area contributed by atoms with Crippen LogP contribution in [0.2, 0.25) is 0 Å². The summed E-state index contributed by atoms with van der Waals surface area (Å²) < 4.78 is 26.4. The topological polar surface area (TPSA) is 89.9 Å². The zero-order chi connectivity index (χ0) is 30.0. The summed E-state index contributed by atoms with van der Waals surface area (Å²) in [6.07, 6.45) is 15.1. The van der Waals surface area contributed by atoms with E-state index in [0.29, 0.717) is 17.5 Å². The predicted octanol–water partition coefficient (Wildman–Crippen LogP) is 9.53. The van der Waals surface area contributed by atoms with Gasteiger partial charge in [0.25, 0.3) is 0 Å². The Labute approximate surface area is 244 Å². The highest BCUT2D eigenvalue weighted by Crippen LogP contribution is 2.35. The second-order valence-electron chi connectivity index (χ2n) is 10.8. The van der Waals surface area contributed by atoms with Gasteiger partial charge in [-0.1, -0.05) is 96.6 Å². The van der Waals surface area contributed by atoms with E-state index >= 15 is 4.39 Å². The van der Waals surface area contributed by atoms with E-state index in [1.54, 1.807) is 0 Å². The number of carboxylic acids is 1. The van der Waals surface area contributed by atoms with E-state index in [1.807, 2.05) is 6.92 Å². The van der Waals surface area contributed by atoms with Gasteiger partial charge in [-0.3, -0.25) is 4.79 Å². The van der Waals surface area contributed by atoms with Crippen molar-refractivity contribution in [3.8, 4) is 16.9 Å². The average Bonchev–Trinajstić information content (AvgIpc) is 2.94. The molecule has 1 atom stereocenters. The van der Waals surface area contributed by atoms with Crippen LogP contribution in [0, 0.1) is 5.82 Å². The molecule has 0 amide bonds. The van der Waals surface area contributed by atoms with Crippen LogP contribution in [-0.2, 0) is 9.53 Å². The van der Waals surface area contributed by atoms with Crippen LogP contribution in [0.1, 0.15) is 138 Å². The Hall–Kier alpha value is -3.22. The first kappa shape index (κ1) is 34.0. The number of rotatable bonds is 20. The van der Waals surface area contributed by atoms with Crippen molar-refractivity contribution in [1.29, 1.82) is 0 Å². The number of benzene rings is 2. The number of hydrogen-bond acceptors (Lipinski definition) is 5. The molecule has 2 aromatic rings. The smallest absolute Gasteiger partial charge is 0.338 e. The number of carboxylic acid groups (broad SMARTS) is 1. The van der Waals surface area contributed by atoms with Crippen molar-refractivity contribution in [2.45, 2.75) is 123 Å². The van der Waals surface area contributed by atoms with Gasteiger partial charge in [0.2, 0.25) is 0 Å². The van der Waals surface area contributed by atoms with Crippen LogP contribution >= 0.6 is 0 Å². The van der Waals surface area contributed by atoms with Crippen molar-refractivity contribution >= 4 is 17.9 Å². The van der Waals surface area contributed by atoms with E-state index in [-0.39, 0.29) is 23.8 Å². The minimum absolute atomic E-state index is 0.0514. The Balaban J connectivity index is 2.03. The molecule has 0 fully saturated rings. The summed E-state index contributed by atoms with van der Waals surface area (Å²) in [4.78, 5) is 36.8. The highest BCUT2D eigenvalue weighted by atomic mass is 19.1. The second-order valence-corrected chi connectivity index (χ2v) is 10.8. The number of unbranched alkanes of at least 4 members (excludes halogenated alkanes) is 11. The van der Waals surface area contributed by atoms with E-state index in [9.17, 15) is 19.5 Å². The Morgan fingerprint density at radius 1 is 0.780 bits per heavy atom. The van der Waals surface area contributed by atoms with Crippen LogP contribution in [-0.4, -0.2) is 29.1 Å². The number of ether oxygens (including phenoxy) is 2. The van der Waals surface area contributed by atoms with E-state index in [2.05, 4.69) is 13.8 Å². The summed E-state index contributed by atoms with van der Waals surface area (Å²) in [5.41, 5.74) is -0.0674. The maximum absolute atomic E-state index is 15.4. The first-order valence-corrected chi connectivity index (χ1v) is 15.4. The van der Waals surface area contributed by atoms with Crippen molar-refractivity contribution in [1.82, 2.24) is 0 Å². The molecule has 0 unspecified atom stereocenters. The van der Waals surface area contributed by atoms with E-state index in [1.165, 1.54) is 62.4 Å². The lowest BCUT2D eigenvalue weighted by molar-refractivity contribution is -0.134. The van der Waals surface area contributed by atoms with Crippen molar-refractivity contribution in [3.63, 3.8) is 0 Å². The number of esters is 2. The molecule has 226 valence electrons. The van der Waals surface area contributed by atoms with Crippen molar-refractivity contribution in [2.75, 3.05) is 0 Å². The standard InChI is InChI=1S/C34H47FO6/c1-4-6-8-10-11-12-13-14-16-18-30(36)41-29-24-23-28(33(37)38)32(35)31(29)26-19-21-27(22-20-26)34(39)40-25(3)17-15-9-7-5-2/h19-25H,4-18H2,1-3H3,(H,37,38)/t25-/m1/s1. The molecule has 0 radical (unpaired) electrons. The van der Waals surface area contributed by atoms with Gasteiger partial charge in [-0.05, 0) is 56.0 Å². The summed E-state index contributed by atoms with van der Waals surface area (Å²) in [5, 5.41) is 9.44. The molecule has 0 saturated heterocycles. The van der Waals surface area contributed by atoms with Crippen LogP contribution in [0.4, 0.5) is 4.39 Å². The molecule has 0 aliphatic rings. The van der Waals surface area contributed by atoms with Gasteiger partial charge in [0.15, 0.2) is 0 Å². The van der Waals surface area contributed by atoms with Crippen LogP contribution in [0.3, 0.4) is 0 Å². The molecular weight excluding hydrogens is 523 g/mol. The normalized spacial score (nSPS) is 11.7. The SMILES string of the molecule is CCCCCCCCCCCC(=O)Oc1ccc(C(=O)O)c(F)c1-c1ccc(C(=O)O[C@H](C)CCCCCC)cc1. The van der Waals surface area contributed by atoms with Crippen molar-refractivity contribution < 1.29 is 33.4 Å². The van der Waals surface area contributed by atoms with Crippen LogP contribution in [0.15, 0.2) is 36.4 Å². The van der Waals surface area contributed by atoms with Gasteiger partial charge in [-0.25, -0.2) is 14.0 Å². The zero-order valence-electron chi connectivity index (χ0n) is 25.0. The summed E-state index contributed by atoms with van der Waals surface area (Å²) in [6.45, 7) is 6.20. The van der Waals surface area contributed by atoms with Gasteiger partial charge < -0.3 is 14.6 Å². The van der Waals surface area contributed by atoms with Crippen LogP contribution < -0.4 is 4.74 Å². The van der Waals surface area contributed by atoms with Gasteiger partial charge in [0, 0.05) is 6.42 Å². The zero-order valence-corrected chi connectivity index (χ0v) is 25.0.